The maximum atomic E-state index is 10.5. The minimum Gasteiger partial charge on any atom is -0.478 e. The molecule has 0 aliphatic rings. The number of carbonyl (C=O) groups is 2. The van der Waals surface area contributed by atoms with Crippen molar-refractivity contribution in [1.29, 1.82) is 0 Å². The molecular weight excluding hydrogens is 146 g/mol. The van der Waals surface area contributed by atoms with Crippen molar-refractivity contribution in [2.75, 3.05) is 7.05 Å². The summed E-state index contributed by atoms with van der Waals surface area (Å²) in [7, 11) is 1.49. The summed E-state index contributed by atoms with van der Waals surface area (Å²) in [6.07, 6.45) is 4.81. The van der Waals surface area contributed by atoms with Gasteiger partial charge >= 0.3 is 5.97 Å². The van der Waals surface area contributed by atoms with Crippen LogP contribution < -0.4 is 5.32 Å². The van der Waals surface area contributed by atoms with Crippen LogP contribution in [0.2, 0.25) is 0 Å². The zero-order valence-electron chi connectivity index (χ0n) is 6.07. The predicted molar refractivity (Wildman–Crippen MR) is 40.0 cm³/mol. The van der Waals surface area contributed by atoms with Gasteiger partial charge in [0.2, 0.25) is 5.91 Å². The van der Waals surface area contributed by atoms with Crippen LogP contribution in [0.1, 0.15) is 0 Å². The highest BCUT2D eigenvalue weighted by Gasteiger charge is 1.85. The molecule has 11 heavy (non-hydrogen) atoms. The van der Waals surface area contributed by atoms with E-state index in [4.69, 9.17) is 5.11 Å². The van der Waals surface area contributed by atoms with Gasteiger partial charge in [-0.25, -0.2) is 4.79 Å². The number of carboxylic acids is 1. The van der Waals surface area contributed by atoms with Crippen molar-refractivity contribution < 1.29 is 14.7 Å². The van der Waals surface area contributed by atoms with E-state index in [2.05, 4.69) is 5.32 Å². The number of aliphatic carboxylic acids is 1. The molecule has 0 aliphatic carbocycles. The minimum absolute atomic E-state index is 0.264. The first kappa shape index (κ1) is 9.42. The van der Waals surface area contributed by atoms with E-state index in [0.717, 1.165) is 6.08 Å². The number of likely N-dealkylation sites (N-methyl/N-ethyl adjacent to an activating group) is 1. The number of allylic oxidation sites excluding steroid dienone is 2. The van der Waals surface area contributed by atoms with E-state index in [1.54, 1.807) is 0 Å². The van der Waals surface area contributed by atoms with Crippen molar-refractivity contribution >= 4 is 11.9 Å². The summed E-state index contributed by atoms with van der Waals surface area (Å²) in [5, 5.41) is 10.5. The summed E-state index contributed by atoms with van der Waals surface area (Å²) in [6.45, 7) is 0. The Morgan fingerprint density at radius 2 is 1.82 bits per heavy atom. The lowest BCUT2D eigenvalue weighted by molar-refractivity contribution is -0.131. The largest absolute Gasteiger partial charge is 0.478 e. The number of carbonyl (C=O) groups excluding carboxylic acids is 1. The van der Waals surface area contributed by atoms with Crippen LogP contribution >= 0.6 is 0 Å². The molecule has 0 heterocycles. The first-order chi connectivity index (χ1) is 5.16. The zero-order valence-corrected chi connectivity index (χ0v) is 6.07. The van der Waals surface area contributed by atoms with Gasteiger partial charge in [0.15, 0.2) is 0 Å². The van der Waals surface area contributed by atoms with Crippen LogP contribution in [0.4, 0.5) is 0 Å². The van der Waals surface area contributed by atoms with E-state index in [9.17, 15) is 9.59 Å². The van der Waals surface area contributed by atoms with Gasteiger partial charge in [-0.2, -0.15) is 0 Å². The molecule has 4 nitrogen and oxygen atoms in total. The lowest BCUT2D eigenvalue weighted by atomic mass is 10.4. The summed E-state index contributed by atoms with van der Waals surface area (Å²) in [6, 6.07) is 0. The van der Waals surface area contributed by atoms with E-state index in [1.807, 2.05) is 0 Å². The number of nitrogens with one attached hydrogen (secondary N) is 1. The molecule has 0 radical (unpaired) electrons. The quantitative estimate of drug-likeness (QED) is 0.443. The van der Waals surface area contributed by atoms with Gasteiger partial charge in [0.05, 0.1) is 0 Å². The molecular formula is C7H9NO3. The van der Waals surface area contributed by atoms with Crippen molar-refractivity contribution in [3.63, 3.8) is 0 Å². The van der Waals surface area contributed by atoms with Gasteiger partial charge in [-0.1, -0.05) is 12.2 Å². The van der Waals surface area contributed by atoms with Gasteiger partial charge in [0, 0.05) is 19.2 Å². The second-order valence-corrected chi connectivity index (χ2v) is 1.67. The van der Waals surface area contributed by atoms with Gasteiger partial charge in [-0.05, 0) is 0 Å². The second-order valence-electron chi connectivity index (χ2n) is 1.67. The Balaban J connectivity index is 3.77. The van der Waals surface area contributed by atoms with Crippen LogP contribution in [0, 0.1) is 0 Å². The molecule has 0 rings (SSSR count). The first-order valence-electron chi connectivity index (χ1n) is 2.96. The molecule has 0 bridgehead atoms. The molecule has 60 valence electrons. The Labute approximate surface area is 64.2 Å². The highest BCUT2D eigenvalue weighted by Crippen LogP contribution is 1.77. The monoisotopic (exact) mass is 155 g/mol. The lowest BCUT2D eigenvalue weighted by Crippen LogP contribution is -2.13. The van der Waals surface area contributed by atoms with Crippen molar-refractivity contribution in [1.82, 2.24) is 5.32 Å². The molecule has 0 aromatic rings. The third-order valence-electron chi connectivity index (χ3n) is 0.844. The van der Waals surface area contributed by atoms with Gasteiger partial charge in [0.1, 0.15) is 0 Å². The zero-order chi connectivity index (χ0) is 8.69. The molecule has 0 aromatic carbocycles. The van der Waals surface area contributed by atoms with Gasteiger partial charge in [-0.15, -0.1) is 0 Å². The summed E-state index contributed by atoms with van der Waals surface area (Å²) in [4.78, 5) is 20.4. The molecule has 0 atom stereocenters. The maximum Gasteiger partial charge on any atom is 0.328 e. The standard InChI is InChI=1S/C7H9NO3/c1-8-6(9)4-2-3-5-7(10)11/h2-5H,1H3,(H,8,9)(H,10,11). The summed E-state index contributed by atoms with van der Waals surface area (Å²) >= 11 is 0. The molecule has 2 N–H and O–H groups in total. The number of hydrogen-bond acceptors (Lipinski definition) is 2. The Bertz CT molecular complexity index is 206. The van der Waals surface area contributed by atoms with E-state index < -0.39 is 5.97 Å². The average Bonchev–Trinajstić information content (AvgIpc) is 1.97. The normalized spacial score (nSPS) is 10.6. The SMILES string of the molecule is CNC(=O)C=CC=CC(=O)O. The van der Waals surface area contributed by atoms with Gasteiger partial charge in [-0.3, -0.25) is 4.79 Å². The van der Waals surface area contributed by atoms with Crippen LogP contribution in [0.15, 0.2) is 24.3 Å². The fourth-order valence-electron chi connectivity index (χ4n) is 0.364. The second kappa shape index (κ2) is 5.22. The Morgan fingerprint density at radius 1 is 1.27 bits per heavy atom. The molecule has 0 saturated carbocycles. The number of amides is 1. The third-order valence-corrected chi connectivity index (χ3v) is 0.844. The molecule has 0 spiro atoms. The van der Waals surface area contributed by atoms with Gasteiger partial charge in [0.25, 0.3) is 0 Å². The van der Waals surface area contributed by atoms with Crippen LogP contribution in [0.5, 0.6) is 0 Å². The van der Waals surface area contributed by atoms with E-state index in [0.29, 0.717) is 0 Å². The number of carboxylic acid groups (broad SMARTS) is 1. The molecule has 0 aliphatic heterocycles. The predicted octanol–water partition coefficient (Wildman–Crippen LogP) is -0.0706. The topological polar surface area (TPSA) is 66.4 Å². The highest BCUT2D eigenvalue weighted by atomic mass is 16.4. The fourth-order valence-corrected chi connectivity index (χ4v) is 0.364. The smallest absolute Gasteiger partial charge is 0.328 e. The Morgan fingerprint density at radius 3 is 2.27 bits per heavy atom. The Hall–Kier alpha value is -1.58. The maximum absolute atomic E-state index is 10.5. The number of rotatable bonds is 3. The van der Waals surface area contributed by atoms with E-state index in [-0.39, 0.29) is 5.91 Å². The highest BCUT2D eigenvalue weighted by molar-refractivity contribution is 5.87. The van der Waals surface area contributed by atoms with Crippen molar-refractivity contribution in [3.8, 4) is 0 Å². The molecule has 4 heteroatoms. The molecule has 1 amide bonds. The molecule has 0 unspecified atom stereocenters. The molecule has 0 aromatic heterocycles. The number of hydrogen-bond donors (Lipinski definition) is 2. The van der Waals surface area contributed by atoms with E-state index >= 15 is 0 Å². The lowest BCUT2D eigenvalue weighted by Gasteiger charge is -1.85. The first-order valence-corrected chi connectivity index (χ1v) is 2.96. The van der Waals surface area contributed by atoms with Crippen molar-refractivity contribution in [2.24, 2.45) is 0 Å². The molecule has 0 fully saturated rings. The van der Waals surface area contributed by atoms with Crippen LogP contribution in [0.25, 0.3) is 0 Å². The minimum atomic E-state index is -1.04. The summed E-state index contributed by atoms with van der Waals surface area (Å²) in [5.74, 6) is -1.30. The Kier molecular flexibility index (Phi) is 4.47. The fraction of sp³-hybridized carbons (Fsp3) is 0.143. The summed E-state index contributed by atoms with van der Waals surface area (Å²) < 4.78 is 0. The van der Waals surface area contributed by atoms with Crippen LogP contribution in [-0.4, -0.2) is 24.0 Å². The van der Waals surface area contributed by atoms with Crippen LogP contribution in [0.3, 0.4) is 0 Å². The van der Waals surface area contributed by atoms with Crippen molar-refractivity contribution in [2.45, 2.75) is 0 Å². The molecule has 0 saturated heterocycles. The summed E-state index contributed by atoms with van der Waals surface area (Å²) in [5.41, 5.74) is 0. The van der Waals surface area contributed by atoms with Gasteiger partial charge < -0.3 is 10.4 Å². The van der Waals surface area contributed by atoms with Crippen molar-refractivity contribution in [3.05, 3.63) is 24.3 Å². The average molecular weight is 155 g/mol. The van der Waals surface area contributed by atoms with Crippen LogP contribution in [-0.2, 0) is 9.59 Å². The third kappa shape index (κ3) is 6.30. The van der Waals surface area contributed by atoms with E-state index in [1.165, 1.54) is 25.3 Å².